The summed E-state index contributed by atoms with van der Waals surface area (Å²) in [4.78, 5) is 23.4. The summed E-state index contributed by atoms with van der Waals surface area (Å²) in [5, 5.41) is 0. The van der Waals surface area contributed by atoms with E-state index in [9.17, 15) is 35.9 Å². The number of allylic oxidation sites excluding steroid dienone is 7. The zero-order chi connectivity index (χ0) is 25.5. The fourth-order valence-electron chi connectivity index (χ4n) is 3.39. The van der Waals surface area contributed by atoms with Crippen molar-refractivity contribution in [3.63, 3.8) is 0 Å². The maximum absolute atomic E-state index is 12.7. The van der Waals surface area contributed by atoms with Gasteiger partial charge in [-0.1, -0.05) is 40.2 Å². The predicted molar refractivity (Wildman–Crippen MR) is 107 cm³/mol. The molecule has 10 heteroatoms. The molecular weight excluding hydrogens is 454 g/mol. The summed E-state index contributed by atoms with van der Waals surface area (Å²) < 4.78 is 85.3. The van der Waals surface area contributed by atoms with E-state index in [0.717, 1.165) is 5.57 Å². The minimum absolute atomic E-state index is 0.00185. The van der Waals surface area contributed by atoms with E-state index in [2.05, 4.69) is 31.1 Å². The van der Waals surface area contributed by atoms with E-state index in [-0.39, 0.29) is 24.4 Å². The Hall–Kier alpha value is -3.30. The van der Waals surface area contributed by atoms with Crippen molar-refractivity contribution in [3.8, 4) is 0 Å². The van der Waals surface area contributed by atoms with Crippen LogP contribution in [0.15, 0.2) is 83.4 Å². The summed E-state index contributed by atoms with van der Waals surface area (Å²) in [6, 6.07) is 0. The van der Waals surface area contributed by atoms with E-state index in [4.69, 9.17) is 4.74 Å². The van der Waals surface area contributed by atoms with Gasteiger partial charge in [0.25, 0.3) is 0 Å². The summed E-state index contributed by atoms with van der Waals surface area (Å²) in [6.45, 7) is 16.2. The zero-order valence-electron chi connectivity index (χ0n) is 17.8. The summed E-state index contributed by atoms with van der Waals surface area (Å²) in [7, 11) is 0. The van der Waals surface area contributed by atoms with Gasteiger partial charge in [-0.25, -0.2) is 9.59 Å². The van der Waals surface area contributed by atoms with Crippen molar-refractivity contribution in [1.29, 1.82) is 0 Å². The third-order valence-corrected chi connectivity index (χ3v) is 5.22. The first-order valence-corrected chi connectivity index (χ1v) is 9.38. The summed E-state index contributed by atoms with van der Waals surface area (Å²) >= 11 is 0. The van der Waals surface area contributed by atoms with Gasteiger partial charge in [-0.05, 0) is 40.9 Å². The quantitative estimate of drug-likeness (QED) is 0.203. The van der Waals surface area contributed by atoms with Crippen LogP contribution in [-0.2, 0) is 19.1 Å². The first kappa shape index (κ1) is 26.0. The van der Waals surface area contributed by atoms with Crippen molar-refractivity contribution in [2.45, 2.75) is 39.0 Å². The molecule has 0 amide bonds. The van der Waals surface area contributed by atoms with Crippen molar-refractivity contribution in [1.82, 2.24) is 0 Å². The first-order valence-electron chi connectivity index (χ1n) is 9.38. The second-order valence-corrected chi connectivity index (χ2v) is 7.86. The molecule has 0 aromatic heterocycles. The van der Waals surface area contributed by atoms with Gasteiger partial charge in [-0.15, -0.1) is 0 Å². The van der Waals surface area contributed by atoms with Gasteiger partial charge in [0.1, 0.15) is 22.7 Å². The Morgan fingerprint density at radius 1 is 0.970 bits per heavy atom. The maximum Gasteiger partial charge on any atom is 0.422 e. The van der Waals surface area contributed by atoms with E-state index < -0.39 is 40.9 Å². The van der Waals surface area contributed by atoms with Crippen LogP contribution in [0.5, 0.6) is 0 Å². The number of halogens is 6. The topological polar surface area (TPSA) is 52.6 Å². The SMILES string of the molecule is C=C(/C=C1\C(=C)C2=C(C=C(OC(=O)C(=C)C(F)(F)F)CC2)C1(C)C)OC(=O)C(=C)C(F)(F)F. The fraction of sp³-hybridized carbons (Fsp3) is 0.304. The smallest absolute Gasteiger partial charge is 0.422 e. The van der Waals surface area contributed by atoms with Crippen molar-refractivity contribution in [2.24, 2.45) is 5.41 Å². The number of esters is 2. The van der Waals surface area contributed by atoms with Gasteiger partial charge >= 0.3 is 24.3 Å². The minimum Gasteiger partial charge on any atom is -0.427 e. The Labute approximate surface area is 185 Å². The molecule has 0 saturated heterocycles. The molecule has 2 rings (SSSR count). The molecule has 0 fully saturated rings. The Morgan fingerprint density at radius 3 is 2.00 bits per heavy atom. The number of hydrogen-bond donors (Lipinski definition) is 0. The molecule has 0 aliphatic heterocycles. The van der Waals surface area contributed by atoms with E-state index in [1.54, 1.807) is 13.8 Å². The van der Waals surface area contributed by atoms with E-state index >= 15 is 0 Å². The summed E-state index contributed by atoms with van der Waals surface area (Å²) in [5.74, 6) is -3.71. The van der Waals surface area contributed by atoms with Gasteiger partial charge in [0.2, 0.25) is 0 Å². The number of alkyl halides is 6. The highest BCUT2D eigenvalue weighted by Gasteiger charge is 2.42. The number of rotatable bonds is 5. The number of hydrogen-bond acceptors (Lipinski definition) is 4. The maximum atomic E-state index is 12.7. The van der Waals surface area contributed by atoms with Gasteiger partial charge in [0.15, 0.2) is 0 Å². The van der Waals surface area contributed by atoms with Crippen LogP contribution in [0.1, 0.15) is 26.7 Å². The highest BCUT2D eigenvalue weighted by molar-refractivity contribution is 5.90. The second kappa shape index (κ2) is 8.57. The van der Waals surface area contributed by atoms with E-state index in [1.165, 1.54) is 12.2 Å². The molecule has 0 aromatic carbocycles. The monoisotopic (exact) mass is 474 g/mol. The Morgan fingerprint density at radius 2 is 1.48 bits per heavy atom. The fourth-order valence-corrected chi connectivity index (χ4v) is 3.39. The third kappa shape index (κ3) is 5.37. The van der Waals surface area contributed by atoms with E-state index in [1.807, 2.05) is 0 Å². The van der Waals surface area contributed by atoms with Crippen molar-refractivity contribution in [2.75, 3.05) is 0 Å². The second-order valence-electron chi connectivity index (χ2n) is 7.86. The van der Waals surface area contributed by atoms with Crippen LogP contribution in [0.4, 0.5) is 26.3 Å². The van der Waals surface area contributed by atoms with Crippen LogP contribution in [0.3, 0.4) is 0 Å². The van der Waals surface area contributed by atoms with Crippen LogP contribution < -0.4 is 0 Å². The zero-order valence-corrected chi connectivity index (χ0v) is 17.8. The van der Waals surface area contributed by atoms with Crippen molar-refractivity contribution >= 4 is 11.9 Å². The lowest BCUT2D eigenvalue weighted by molar-refractivity contribution is -0.148. The molecule has 0 unspecified atom stereocenters. The molecule has 0 heterocycles. The predicted octanol–water partition coefficient (Wildman–Crippen LogP) is 6.32. The third-order valence-electron chi connectivity index (χ3n) is 5.22. The molecule has 0 bridgehead atoms. The van der Waals surface area contributed by atoms with Crippen LogP contribution >= 0.6 is 0 Å². The molecule has 0 aromatic rings. The molecule has 0 saturated carbocycles. The summed E-state index contributed by atoms with van der Waals surface area (Å²) in [6.07, 6.45) is -6.82. The number of carbonyl (C=O) groups is 2. The lowest BCUT2D eigenvalue weighted by atomic mass is 9.79. The standard InChI is InChI=1S/C23H20F6O4/c1-11(32-19(30)13(3)22(24,25)26)9-17-12(2)16-8-7-15(10-18(16)21(17,5)6)33-20(31)14(4)23(27,28)29/h9-10H,1-4,7-8H2,5-6H3/b17-9+. The van der Waals surface area contributed by atoms with Crippen LogP contribution in [-0.4, -0.2) is 24.3 Å². The first-order chi connectivity index (χ1) is 14.9. The molecule has 33 heavy (non-hydrogen) atoms. The van der Waals surface area contributed by atoms with Crippen LogP contribution in [0.25, 0.3) is 0 Å². The highest BCUT2D eigenvalue weighted by Crippen LogP contribution is 2.53. The molecule has 0 radical (unpaired) electrons. The van der Waals surface area contributed by atoms with Gasteiger partial charge in [0, 0.05) is 11.8 Å². The van der Waals surface area contributed by atoms with Gasteiger partial charge in [0.05, 0.1) is 0 Å². The lowest BCUT2D eigenvalue weighted by Gasteiger charge is -2.25. The normalized spacial score (nSPS) is 19.1. The highest BCUT2D eigenvalue weighted by atomic mass is 19.4. The molecule has 178 valence electrons. The lowest BCUT2D eigenvalue weighted by Crippen LogP contribution is -2.22. The molecule has 0 spiro atoms. The Bertz CT molecular complexity index is 1060. The largest absolute Gasteiger partial charge is 0.427 e. The average Bonchev–Trinajstić information content (AvgIpc) is 2.85. The van der Waals surface area contributed by atoms with Gasteiger partial charge < -0.3 is 9.47 Å². The number of carbonyl (C=O) groups excluding carboxylic acids is 2. The molecule has 0 atom stereocenters. The molecule has 4 nitrogen and oxygen atoms in total. The molecule has 0 N–H and O–H groups in total. The molecular formula is C23H20F6O4. The molecule has 2 aliphatic rings. The van der Waals surface area contributed by atoms with Crippen LogP contribution in [0, 0.1) is 5.41 Å². The minimum atomic E-state index is -4.96. The van der Waals surface area contributed by atoms with E-state index in [0.29, 0.717) is 16.7 Å². The summed E-state index contributed by atoms with van der Waals surface area (Å²) in [5.41, 5.74) is -1.93. The number of ether oxygens (including phenoxy) is 2. The van der Waals surface area contributed by atoms with Crippen molar-refractivity contribution in [3.05, 3.63) is 83.4 Å². The van der Waals surface area contributed by atoms with Crippen LogP contribution in [0.2, 0.25) is 0 Å². The average molecular weight is 474 g/mol. The molecule has 2 aliphatic carbocycles. The Balaban J connectivity index is 2.26. The van der Waals surface area contributed by atoms with Gasteiger partial charge in [-0.3, -0.25) is 0 Å². The van der Waals surface area contributed by atoms with Crippen molar-refractivity contribution < 1.29 is 45.4 Å². The van der Waals surface area contributed by atoms with Gasteiger partial charge in [-0.2, -0.15) is 26.3 Å². The Kier molecular flexibility index (Phi) is 6.74.